The lowest BCUT2D eigenvalue weighted by Crippen LogP contribution is -2.36. The van der Waals surface area contributed by atoms with Crippen molar-refractivity contribution in [2.24, 2.45) is 0 Å². The minimum atomic E-state index is -0.318. The molecule has 0 bridgehead atoms. The monoisotopic (exact) mass is 458 g/mol. The fraction of sp³-hybridized carbons (Fsp3) is 0.423. The number of hydrogen-bond acceptors (Lipinski definition) is 6. The van der Waals surface area contributed by atoms with E-state index in [-0.39, 0.29) is 35.5 Å². The molecular weight excluding hydrogens is 428 g/mol. The SMILES string of the molecule is CC1(C)Cc2cnc(N)nc2-c2n[nH]c(C(=O)Cc3cccc(C(=O)NC4CCCCC4)c3)c21. The number of nitrogen functional groups attached to an aromatic ring is 1. The number of rotatable bonds is 5. The van der Waals surface area contributed by atoms with Crippen molar-refractivity contribution in [1.82, 2.24) is 25.5 Å². The van der Waals surface area contributed by atoms with Gasteiger partial charge in [0, 0.05) is 29.8 Å². The van der Waals surface area contributed by atoms with Crippen molar-refractivity contribution in [3.63, 3.8) is 0 Å². The highest BCUT2D eigenvalue weighted by Crippen LogP contribution is 2.42. The smallest absolute Gasteiger partial charge is 0.251 e. The summed E-state index contributed by atoms with van der Waals surface area (Å²) in [5.41, 5.74) is 10.5. The lowest BCUT2D eigenvalue weighted by atomic mass is 9.72. The summed E-state index contributed by atoms with van der Waals surface area (Å²) < 4.78 is 0. The van der Waals surface area contributed by atoms with Crippen LogP contribution >= 0.6 is 0 Å². The number of aromatic nitrogens is 4. The maximum absolute atomic E-state index is 13.4. The Balaban J connectivity index is 1.38. The molecule has 34 heavy (non-hydrogen) atoms. The number of nitrogens with two attached hydrogens (primary N) is 1. The van der Waals surface area contributed by atoms with Crippen LogP contribution in [0.3, 0.4) is 0 Å². The topological polar surface area (TPSA) is 127 Å². The van der Waals surface area contributed by atoms with E-state index in [0.717, 1.165) is 42.4 Å². The molecule has 5 rings (SSSR count). The van der Waals surface area contributed by atoms with Crippen molar-refractivity contribution in [2.45, 2.75) is 70.3 Å². The Hall–Kier alpha value is -3.55. The van der Waals surface area contributed by atoms with Gasteiger partial charge in [-0.05, 0) is 47.9 Å². The molecule has 3 aromatic rings. The second kappa shape index (κ2) is 8.66. The summed E-state index contributed by atoms with van der Waals surface area (Å²) >= 11 is 0. The number of hydrogen-bond donors (Lipinski definition) is 3. The van der Waals surface area contributed by atoms with Crippen LogP contribution in [0.2, 0.25) is 0 Å². The first-order chi connectivity index (χ1) is 16.3. The molecule has 0 radical (unpaired) electrons. The highest BCUT2D eigenvalue weighted by atomic mass is 16.1. The molecule has 4 N–H and O–H groups in total. The van der Waals surface area contributed by atoms with E-state index in [1.165, 1.54) is 6.42 Å². The van der Waals surface area contributed by atoms with Gasteiger partial charge in [-0.3, -0.25) is 14.7 Å². The van der Waals surface area contributed by atoms with Crippen LogP contribution in [0.15, 0.2) is 30.5 Å². The van der Waals surface area contributed by atoms with E-state index in [4.69, 9.17) is 5.73 Å². The summed E-state index contributed by atoms with van der Waals surface area (Å²) in [5.74, 6) is 0.0378. The van der Waals surface area contributed by atoms with Gasteiger partial charge in [-0.1, -0.05) is 45.2 Å². The fourth-order valence-corrected chi connectivity index (χ4v) is 5.31. The third kappa shape index (κ3) is 4.20. The van der Waals surface area contributed by atoms with Crippen LogP contribution in [-0.4, -0.2) is 37.9 Å². The summed E-state index contributed by atoms with van der Waals surface area (Å²) in [6, 6.07) is 7.57. The summed E-state index contributed by atoms with van der Waals surface area (Å²) in [5, 5.41) is 10.6. The van der Waals surface area contributed by atoms with Crippen molar-refractivity contribution in [1.29, 1.82) is 0 Å². The fourth-order valence-electron chi connectivity index (χ4n) is 5.31. The number of nitrogens with zero attached hydrogens (tertiary/aromatic N) is 3. The minimum Gasteiger partial charge on any atom is -0.368 e. The van der Waals surface area contributed by atoms with Crippen LogP contribution in [0.5, 0.6) is 0 Å². The lowest BCUT2D eigenvalue weighted by Gasteiger charge is -2.30. The molecule has 8 heteroatoms. The Morgan fingerprint density at radius 3 is 2.76 bits per heavy atom. The molecule has 0 atom stereocenters. The Labute approximate surface area is 198 Å². The van der Waals surface area contributed by atoms with E-state index in [1.807, 2.05) is 18.2 Å². The quantitative estimate of drug-likeness (QED) is 0.500. The molecule has 1 amide bonds. The zero-order valence-electron chi connectivity index (χ0n) is 19.6. The molecule has 0 spiro atoms. The predicted octanol–water partition coefficient (Wildman–Crippen LogP) is 3.77. The first kappa shape index (κ1) is 22.3. The first-order valence-corrected chi connectivity index (χ1v) is 12.0. The van der Waals surface area contributed by atoms with Gasteiger partial charge in [-0.2, -0.15) is 5.10 Å². The van der Waals surface area contributed by atoms with Crippen LogP contribution in [0.25, 0.3) is 11.4 Å². The number of nitrogens with one attached hydrogen (secondary N) is 2. The number of H-pyrrole nitrogens is 1. The van der Waals surface area contributed by atoms with Crippen molar-refractivity contribution in [2.75, 3.05) is 5.73 Å². The predicted molar refractivity (Wildman–Crippen MR) is 130 cm³/mol. The van der Waals surface area contributed by atoms with E-state index in [0.29, 0.717) is 29.1 Å². The molecule has 2 aromatic heterocycles. The van der Waals surface area contributed by atoms with Crippen LogP contribution < -0.4 is 11.1 Å². The highest BCUT2D eigenvalue weighted by molar-refractivity contribution is 6.00. The molecule has 0 saturated heterocycles. The van der Waals surface area contributed by atoms with Gasteiger partial charge in [0.2, 0.25) is 5.95 Å². The number of ketones is 1. The lowest BCUT2D eigenvalue weighted by molar-refractivity contribution is 0.0925. The first-order valence-electron chi connectivity index (χ1n) is 12.0. The van der Waals surface area contributed by atoms with Crippen molar-refractivity contribution in [3.8, 4) is 11.4 Å². The molecule has 2 aliphatic rings. The normalized spacial score (nSPS) is 17.0. The average molecular weight is 459 g/mol. The number of amides is 1. The molecule has 1 saturated carbocycles. The molecule has 0 unspecified atom stereocenters. The van der Waals surface area contributed by atoms with Crippen molar-refractivity contribution in [3.05, 3.63) is 58.4 Å². The summed E-state index contributed by atoms with van der Waals surface area (Å²) in [7, 11) is 0. The number of benzene rings is 1. The highest BCUT2D eigenvalue weighted by Gasteiger charge is 2.38. The van der Waals surface area contributed by atoms with E-state index < -0.39 is 0 Å². The van der Waals surface area contributed by atoms with Crippen LogP contribution in [-0.2, 0) is 18.3 Å². The third-order valence-electron chi connectivity index (χ3n) is 6.96. The van der Waals surface area contributed by atoms with Crippen molar-refractivity contribution >= 4 is 17.6 Å². The van der Waals surface area contributed by atoms with Gasteiger partial charge in [0.05, 0.1) is 5.69 Å². The molecule has 2 aliphatic carbocycles. The second-order valence-corrected chi connectivity index (χ2v) is 10.1. The Bertz CT molecular complexity index is 1260. The van der Waals surface area contributed by atoms with Crippen LogP contribution in [0.4, 0.5) is 5.95 Å². The van der Waals surface area contributed by atoms with E-state index in [2.05, 4.69) is 39.3 Å². The van der Waals surface area contributed by atoms with Gasteiger partial charge in [-0.15, -0.1) is 0 Å². The molecule has 176 valence electrons. The molecule has 1 aromatic carbocycles. The maximum Gasteiger partial charge on any atom is 0.251 e. The van der Waals surface area contributed by atoms with Gasteiger partial charge in [0.15, 0.2) is 5.78 Å². The zero-order chi connectivity index (χ0) is 23.9. The summed E-state index contributed by atoms with van der Waals surface area (Å²) in [4.78, 5) is 34.7. The van der Waals surface area contributed by atoms with Crippen LogP contribution in [0, 0.1) is 0 Å². The number of anilines is 1. The zero-order valence-corrected chi connectivity index (χ0v) is 19.6. The average Bonchev–Trinajstić information content (AvgIpc) is 3.28. The molecule has 2 heterocycles. The Kier molecular flexibility index (Phi) is 5.67. The Morgan fingerprint density at radius 1 is 1.18 bits per heavy atom. The third-order valence-corrected chi connectivity index (χ3v) is 6.96. The largest absolute Gasteiger partial charge is 0.368 e. The van der Waals surface area contributed by atoms with Gasteiger partial charge in [-0.25, -0.2) is 9.97 Å². The maximum atomic E-state index is 13.4. The van der Waals surface area contributed by atoms with Gasteiger partial charge in [0.1, 0.15) is 11.4 Å². The number of aromatic amines is 1. The van der Waals surface area contributed by atoms with E-state index >= 15 is 0 Å². The van der Waals surface area contributed by atoms with Crippen molar-refractivity contribution < 1.29 is 9.59 Å². The molecule has 1 fully saturated rings. The Morgan fingerprint density at radius 2 is 1.97 bits per heavy atom. The summed E-state index contributed by atoms with van der Waals surface area (Å²) in [6.45, 7) is 4.18. The van der Waals surface area contributed by atoms with Gasteiger partial charge < -0.3 is 11.1 Å². The molecule has 0 aliphatic heterocycles. The summed E-state index contributed by atoms with van der Waals surface area (Å²) in [6.07, 6.45) is 8.22. The molecular formula is C26H30N6O2. The molecule has 8 nitrogen and oxygen atoms in total. The van der Waals surface area contributed by atoms with Gasteiger partial charge >= 0.3 is 0 Å². The number of carbonyl (C=O) groups is 2. The van der Waals surface area contributed by atoms with E-state index in [1.54, 1.807) is 12.3 Å². The van der Waals surface area contributed by atoms with Crippen LogP contribution in [0.1, 0.15) is 83.5 Å². The second-order valence-electron chi connectivity index (χ2n) is 10.1. The number of Topliss-reactive ketones (excluding diaryl/α,β-unsaturated/α-hetero) is 1. The van der Waals surface area contributed by atoms with E-state index in [9.17, 15) is 9.59 Å². The number of fused-ring (bicyclic) bond motifs is 3. The minimum absolute atomic E-state index is 0.0721. The number of carbonyl (C=O) groups excluding carboxylic acids is 2. The standard InChI is InChI=1S/C26H30N6O2/c1-26(2)13-17-14-28-25(27)30-21(17)23-20(26)22(31-32-23)19(33)12-15-7-6-8-16(11-15)24(34)29-18-9-4-3-5-10-18/h6-8,11,14,18H,3-5,9-10,12-13H2,1-2H3,(H,29,34)(H,31,32)(H2,27,28,30). The van der Waals surface area contributed by atoms with Gasteiger partial charge in [0.25, 0.3) is 5.91 Å².